The van der Waals surface area contributed by atoms with Crippen molar-refractivity contribution in [2.24, 2.45) is 16.8 Å². The zero-order valence-corrected chi connectivity index (χ0v) is 18.4. The van der Waals surface area contributed by atoms with Gasteiger partial charge in [0.2, 0.25) is 5.91 Å². The van der Waals surface area contributed by atoms with Crippen LogP contribution in [-0.2, 0) is 29.3 Å². The number of primary amides is 1. The number of fused-ring (bicyclic) bond motifs is 2. The maximum Gasteiger partial charge on any atom is 0.406 e. The van der Waals surface area contributed by atoms with Gasteiger partial charge in [0.15, 0.2) is 0 Å². The first-order valence-corrected chi connectivity index (χ1v) is 12.2. The standard InChI is InChI=1S/C19H29N5O7S/c20-18(28)31-19(16(26)23-32(21,29)30)9-5-3-1-2-4-7-12-11-13(12)22-15(25)14-8-6-10-24(14)17(19)27/h4,7,12-14H,1-3,5-6,8-11H2,(H2,20,28)(H,22,25)(H,23,26)(H2,21,29,30)/b7-4-. The summed E-state index contributed by atoms with van der Waals surface area (Å²) in [5, 5.41) is 7.84. The lowest BCUT2D eigenvalue weighted by Crippen LogP contribution is -2.64. The van der Waals surface area contributed by atoms with Gasteiger partial charge in [-0.15, -0.1) is 0 Å². The molecule has 1 saturated heterocycles. The topological polar surface area (TPSA) is 191 Å². The summed E-state index contributed by atoms with van der Waals surface area (Å²) in [6.07, 6.45) is 6.37. The van der Waals surface area contributed by atoms with E-state index in [1.807, 2.05) is 6.08 Å². The predicted octanol–water partition coefficient (Wildman–Crippen LogP) is -0.844. The largest absolute Gasteiger partial charge is 0.423 e. The van der Waals surface area contributed by atoms with Crippen molar-refractivity contribution in [2.75, 3.05) is 6.54 Å². The van der Waals surface area contributed by atoms with Crippen LogP contribution in [0.3, 0.4) is 0 Å². The van der Waals surface area contributed by atoms with Crippen LogP contribution in [0.25, 0.3) is 0 Å². The van der Waals surface area contributed by atoms with Crippen molar-refractivity contribution in [3.8, 4) is 0 Å². The molecule has 0 radical (unpaired) electrons. The Morgan fingerprint density at radius 3 is 2.66 bits per heavy atom. The SMILES string of the molecule is NC(=O)OC1(C(=O)NS(N)(=O)=O)CCCCC/C=C\C2CC2NC(=O)C2CCCN2C1=O. The summed E-state index contributed by atoms with van der Waals surface area (Å²) in [6.45, 7) is 0.136. The number of nitrogens with two attached hydrogens (primary N) is 2. The fraction of sp³-hybridized carbons (Fsp3) is 0.684. The second kappa shape index (κ2) is 9.45. The van der Waals surface area contributed by atoms with E-state index in [2.05, 4.69) is 11.4 Å². The van der Waals surface area contributed by atoms with Crippen LogP contribution in [0.5, 0.6) is 0 Å². The highest BCUT2D eigenvalue weighted by Crippen LogP contribution is 2.34. The molecule has 4 unspecified atom stereocenters. The first-order valence-electron chi connectivity index (χ1n) is 10.6. The Kier molecular flexibility index (Phi) is 7.08. The smallest absolute Gasteiger partial charge is 0.406 e. The number of hydrogen-bond donors (Lipinski definition) is 4. The van der Waals surface area contributed by atoms with Crippen LogP contribution < -0.4 is 20.9 Å². The van der Waals surface area contributed by atoms with Crippen molar-refractivity contribution in [1.82, 2.24) is 14.9 Å². The molecule has 2 aliphatic heterocycles. The Hall–Kier alpha value is -2.67. The van der Waals surface area contributed by atoms with Gasteiger partial charge >= 0.3 is 6.09 Å². The average Bonchev–Trinajstić information content (AvgIpc) is 3.22. The Balaban J connectivity index is 1.97. The lowest BCUT2D eigenvalue weighted by atomic mass is 9.92. The van der Waals surface area contributed by atoms with Crippen LogP contribution in [0.4, 0.5) is 4.79 Å². The predicted molar refractivity (Wildman–Crippen MR) is 112 cm³/mol. The molecule has 3 aliphatic rings. The molecule has 4 amide bonds. The normalized spacial score (nSPS) is 32.4. The molecule has 178 valence electrons. The summed E-state index contributed by atoms with van der Waals surface area (Å²) < 4.78 is 29.6. The molecule has 0 aromatic carbocycles. The Labute approximate surface area is 186 Å². The zero-order chi connectivity index (χ0) is 23.5. The number of ether oxygens (including phenoxy) is 1. The van der Waals surface area contributed by atoms with Crippen molar-refractivity contribution in [1.29, 1.82) is 0 Å². The molecule has 6 N–H and O–H groups in total. The van der Waals surface area contributed by atoms with Gasteiger partial charge in [0.25, 0.3) is 27.6 Å². The highest BCUT2D eigenvalue weighted by molar-refractivity contribution is 7.87. The molecule has 2 heterocycles. The Morgan fingerprint density at radius 2 is 1.97 bits per heavy atom. The van der Waals surface area contributed by atoms with Gasteiger partial charge in [-0.05, 0) is 44.4 Å². The van der Waals surface area contributed by atoms with E-state index in [1.165, 1.54) is 4.72 Å². The third-order valence-corrected chi connectivity index (χ3v) is 6.46. The van der Waals surface area contributed by atoms with E-state index in [1.54, 1.807) is 0 Å². The minimum atomic E-state index is -4.56. The summed E-state index contributed by atoms with van der Waals surface area (Å²) in [4.78, 5) is 52.3. The zero-order valence-electron chi connectivity index (χ0n) is 17.6. The number of allylic oxidation sites excluding steroid dienone is 1. The third kappa shape index (κ3) is 5.57. The van der Waals surface area contributed by atoms with E-state index in [0.29, 0.717) is 19.3 Å². The van der Waals surface area contributed by atoms with Crippen molar-refractivity contribution in [3.05, 3.63) is 12.2 Å². The summed E-state index contributed by atoms with van der Waals surface area (Å²) in [7, 11) is -4.56. The van der Waals surface area contributed by atoms with Crippen LogP contribution in [0, 0.1) is 5.92 Å². The van der Waals surface area contributed by atoms with Gasteiger partial charge in [-0.25, -0.2) is 14.7 Å². The minimum Gasteiger partial charge on any atom is -0.423 e. The van der Waals surface area contributed by atoms with E-state index in [0.717, 1.165) is 24.2 Å². The molecular formula is C19H29N5O7S. The number of carbonyl (C=O) groups excluding carboxylic acids is 4. The van der Waals surface area contributed by atoms with E-state index in [-0.39, 0.29) is 37.3 Å². The highest BCUT2D eigenvalue weighted by atomic mass is 32.2. The summed E-state index contributed by atoms with van der Waals surface area (Å²) in [5.74, 6) is -2.52. The number of carbonyl (C=O) groups is 4. The highest BCUT2D eigenvalue weighted by Gasteiger charge is 2.55. The lowest BCUT2D eigenvalue weighted by molar-refractivity contribution is -0.163. The molecule has 0 aromatic rings. The van der Waals surface area contributed by atoms with Crippen molar-refractivity contribution in [2.45, 2.75) is 69.1 Å². The number of nitrogens with zero attached hydrogens (tertiary/aromatic N) is 1. The van der Waals surface area contributed by atoms with Crippen molar-refractivity contribution < 1.29 is 32.3 Å². The molecule has 1 aliphatic carbocycles. The average molecular weight is 472 g/mol. The first-order chi connectivity index (χ1) is 15.0. The fourth-order valence-corrected chi connectivity index (χ4v) is 4.74. The third-order valence-electron chi connectivity index (χ3n) is 5.99. The molecule has 0 aromatic heterocycles. The van der Waals surface area contributed by atoms with Crippen LogP contribution in [-0.4, -0.2) is 61.4 Å². The molecule has 13 heteroatoms. The van der Waals surface area contributed by atoms with Gasteiger partial charge in [-0.2, -0.15) is 8.42 Å². The number of amides is 4. The van der Waals surface area contributed by atoms with E-state index in [4.69, 9.17) is 15.6 Å². The second-order valence-electron chi connectivity index (χ2n) is 8.42. The van der Waals surface area contributed by atoms with Gasteiger partial charge in [0.1, 0.15) is 6.04 Å². The van der Waals surface area contributed by atoms with Gasteiger partial charge in [-0.1, -0.05) is 18.6 Å². The van der Waals surface area contributed by atoms with Gasteiger partial charge < -0.3 is 20.7 Å². The Morgan fingerprint density at radius 1 is 1.22 bits per heavy atom. The molecule has 2 fully saturated rings. The molecule has 0 bridgehead atoms. The molecular weight excluding hydrogens is 442 g/mol. The van der Waals surface area contributed by atoms with Gasteiger partial charge in [-0.3, -0.25) is 14.4 Å². The Bertz CT molecular complexity index is 921. The summed E-state index contributed by atoms with van der Waals surface area (Å²) in [6, 6.07) is -0.894. The van der Waals surface area contributed by atoms with Crippen LogP contribution in [0.2, 0.25) is 0 Å². The van der Waals surface area contributed by atoms with E-state index in [9.17, 15) is 27.6 Å². The number of hydrogen-bond acceptors (Lipinski definition) is 7. The van der Waals surface area contributed by atoms with Gasteiger partial charge in [0, 0.05) is 19.0 Å². The maximum absolute atomic E-state index is 13.6. The van der Waals surface area contributed by atoms with Crippen molar-refractivity contribution in [3.63, 3.8) is 0 Å². The quantitative estimate of drug-likeness (QED) is 0.304. The van der Waals surface area contributed by atoms with Crippen LogP contribution >= 0.6 is 0 Å². The monoisotopic (exact) mass is 471 g/mol. The lowest BCUT2D eigenvalue weighted by Gasteiger charge is -2.35. The van der Waals surface area contributed by atoms with Crippen LogP contribution in [0.1, 0.15) is 51.4 Å². The minimum absolute atomic E-state index is 0.0151. The summed E-state index contributed by atoms with van der Waals surface area (Å²) in [5.41, 5.74) is 2.61. The summed E-state index contributed by atoms with van der Waals surface area (Å²) >= 11 is 0. The molecule has 0 spiro atoms. The van der Waals surface area contributed by atoms with E-state index >= 15 is 0 Å². The van der Waals surface area contributed by atoms with Crippen molar-refractivity contribution >= 4 is 34.0 Å². The molecule has 3 rings (SSSR count). The molecule has 4 atom stereocenters. The molecule has 32 heavy (non-hydrogen) atoms. The van der Waals surface area contributed by atoms with Gasteiger partial charge in [0.05, 0.1) is 0 Å². The molecule has 12 nitrogen and oxygen atoms in total. The van der Waals surface area contributed by atoms with E-state index < -0.39 is 39.8 Å². The number of rotatable bonds is 3. The second-order valence-corrected chi connectivity index (χ2v) is 9.72. The molecule has 1 saturated carbocycles. The van der Waals surface area contributed by atoms with Crippen LogP contribution in [0.15, 0.2) is 12.2 Å². The maximum atomic E-state index is 13.6. The first kappa shape index (κ1) is 24.0. The number of nitrogens with one attached hydrogen (secondary N) is 2. The fourth-order valence-electron chi connectivity index (χ4n) is 4.31.